The van der Waals surface area contributed by atoms with Gasteiger partial charge in [-0.25, -0.2) is 0 Å². The highest BCUT2D eigenvalue weighted by Crippen LogP contribution is 2.38. The average molecular weight is 359 g/mol. The Labute approximate surface area is 153 Å². The summed E-state index contributed by atoms with van der Waals surface area (Å²) in [6.45, 7) is 4.83. The van der Waals surface area contributed by atoms with Crippen LogP contribution in [0.3, 0.4) is 0 Å². The molecule has 1 amide bonds. The molecule has 6 heteroatoms. The second-order valence-electron chi connectivity index (χ2n) is 6.88. The van der Waals surface area contributed by atoms with Crippen LogP contribution in [0.1, 0.15) is 47.2 Å². The molecule has 0 N–H and O–H groups in total. The summed E-state index contributed by atoms with van der Waals surface area (Å²) >= 11 is 1.66. The largest absolute Gasteiger partial charge is 0.345 e. The third-order valence-electron chi connectivity index (χ3n) is 4.28. The van der Waals surface area contributed by atoms with Crippen LogP contribution in [0.15, 0.2) is 22.7 Å². The zero-order valence-electron chi connectivity index (χ0n) is 15.1. The van der Waals surface area contributed by atoms with Gasteiger partial charge in [0, 0.05) is 31.7 Å². The number of likely N-dealkylation sites (N-methyl/N-ethyl adjacent to an activating group) is 1. The zero-order valence-corrected chi connectivity index (χ0v) is 15.9. The minimum atomic E-state index is 0.139. The third kappa shape index (κ3) is 5.33. The number of hydrogen-bond acceptors (Lipinski definition) is 5. The molecule has 0 bridgehead atoms. The number of rotatable bonds is 8. The summed E-state index contributed by atoms with van der Waals surface area (Å²) in [6.07, 6.45) is 2.94. The van der Waals surface area contributed by atoms with Crippen molar-refractivity contribution in [3.8, 4) is 0 Å². The van der Waals surface area contributed by atoms with Gasteiger partial charge in [-0.2, -0.15) is 4.98 Å². The average Bonchev–Trinajstić information content (AvgIpc) is 3.30. The van der Waals surface area contributed by atoms with E-state index in [-0.39, 0.29) is 5.91 Å². The van der Waals surface area contributed by atoms with Gasteiger partial charge in [-0.3, -0.25) is 4.79 Å². The van der Waals surface area contributed by atoms with Crippen LogP contribution in [-0.4, -0.2) is 40.3 Å². The van der Waals surface area contributed by atoms with E-state index < -0.39 is 0 Å². The maximum Gasteiger partial charge on any atom is 0.232 e. The number of carbonyl (C=O) groups is 1. The Balaban J connectivity index is 1.39. The maximum atomic E-state index is 12.3. The number of nitrogens with zero attached hydrogens (tertiary/aromatic N) is 3. The van der Waals surface area contributed by atoms with E-state index in [2.05, 4.69) is 42.2 Å². The molecule has 1 aliphatic carbocycles. The van der Waals surface area contributed by atoms with Crippen LogP contribution < -0.4 is 0 Å². The van der Waals surface area contributed by atoms with Crippen molar-refractivity contribution >= 4 is 17.7 Å². The van der Waals surface area contributed by atoms with Gasteiger partial charge < -0.3 is 9.42 Å². The van der Waals surface area contributed by atoms with E-state index in [9.17, 15) is 4.79 Å². The first-order chi connectivity index (χ1) is 12.0. The molecule has 1 aliphatic rings. The van der Waals surface area contributed by atoms with Crippen LogP contribution in [0, 0.1) is 13.8 Å². The topological polar surface area (TPSA) is 59.2 Å². The second-order valence-corrected chi connectivity index (χ2v) is 7.86. The lowest BCUT2D eigenvalue weighted by Gasteiger charge is -2.16. The maximum absolute atomic E-state index is 12.3. The Morgan fingerprint density at radius 3 is 2.68 bits per heavy atom. The number of amides is 1. The van der Waals surface area contributed by atoms with E-state index in [1.807, 2.05) is 7.05 Å². The lowest BCUT2D eigenvalue weighted by molar-refractivity contribution is -0.127. The molecule has 1 aromatic carbocycles. The highest BCUT2D eigenvalue weighted by molar-refractivity contribution is 7.99. The molecule has 0 spiro atoms. The highest BCUT2D eigenvalue weighted by atomic mass is 32.2. The van der Waals surface area contributed by atoms with E-state index in [0.717, 1.165) is 24.5 Å². The van der Waals surface area contributed by atoms with Gasteiger partial charge in [-0.15, -0.1) is 11.8 Å². The first-order valence-corrected chi connectivity index (χ1v) is 9.88. The smallest absolute Gasteiger partial charge is 0.232 e. The van der Waals surface area contributed by atoms with Gasteiger partial charge in [0.25, 0.3) is 0 Å². The van der Waals surface area contributed by atoms with Crippen molar-refractivity contribution in [1.29, 1.82) is 0 Å². The standard InChI is InChI=1S/C19H25N3O2S/c1-13-8-14(2)10-15(9-13)11-25-12-18(23)22(3)7-6-17-20-19(24-21-17)16-4-5-16/h8-10,16H,4-7,11-12H2,1-3H3. The summed E-state index contributed by atoms with van der Waals surface area (Å²) < 4.78 is 5.25. The summed E-state index contributed by atoms with van der Waals surface area (Å²) in [5.74, 6) is 3.42. The number of aromatic nitrogens is 2. The lowest BCUT2D eigenvalue weighted by Crippen LogP contribution is -2.30. The monoisotopic (exact) mass is 359 g/mol. The van der Waals surface area contributed by atoms with Crippen LogP contribution >= 0.6 is 11.8 Å². The molecule has 0 unspecified atom stereocenters. The highest BCUT2D eigenvalue weighted by Gasteiger charge is 2.29. The summed E-state index contributed by atoms with van der Waals surface area (Å²) in [4.78, 5) is 18.4. The fourth-order valence-electron chi connectivity index (χ4n) is 2.78. The minimum Gasteiger partial charge on any atom is -0.345 e. The second kappa shape index (κ2) is 8.04. The van der Waals surface area contributed by atoms with Crippen LogP contribution in [0.25, 0.3) is 0 Å². The van der Waals surface area contributed by atoms with Gasteiger partial charge in [0.2, 0.25) is 11.8 Å². The Morgan fingerprint density at radius 2 is 2.00 bits per heavy atom. The van der Waals surface area contributed by atoms with Gasteiger partial charge >= 0.3 is 0 Å². The predicted octanol–water partition coefficient (Wildman–Crippen LogP) is 3.50. The molecule has 0 aliphatic heterocycles. The summed E-state index contributed by atoms with van der Waals surface area (Å²) in [5, 5.41) is 4.00. The van der Waals surface area contributed by atoms with E-state index in [4.69, 9.17) is 4.52 Å². The molecular formula is C19H25N3O2S. The molecule has 1 heterocycles. The van der Waals surface area contributed by atoms with Crippen LogP contribution in [0.5, 0.6) is 0 Å². The van der Waals surface area contributed by atoms with Gasteiger partial charge in [0.05, 0.1) is 5.75 Å². The van der Waals surface area contributed by atoms with E-state index in [1.54, 1.807) is 16.7 Å². The minimum absolute atomic E-state index is 0.139. The fraction of sp³-hybridized carbons (Fsp3) is 0.526. The number of aryl methyl sites for hydroxylation is 2. The van der Waals surface area contributed by atoms with Crippen LogP contribution in [0.2, 0.25) is 0 Å². The Morgan fingerprint density at radius 1 is 1.28 bits per heavy atom. The predicted molar refractivity (Wildman–Crippen MR) is 99.7 cm³/mol. The van der Waals surface area contributed by atoms with Crippen molar-refractivity contribution in [2.45, 2.75) is 44.8 Å². The molecule has 25 heavy (non-hydrogen) atoms. The molecule has 2 aromatic rings. The molecule has 1 aromatic heterocycles. The molecule has 0 radical (unpaired) electrons. The number of hydrogen-bond donors (Lipinski definition) is 0. The molecule has 3 rings (SSSR count). The summed E-state index contributed by atoms with van der Waals surface area (Å²) in [7, 11) is 1.83. The van der Waals surface area contributed by atoms with Gasteiger partial charge in [0.15, 0.2) is 5.82 Å². The van der Waals surface area contributed by atoms with Gasteiger partial charge in [-0.1, -0.05) is 34.5 Å². The lowest BCUT2D eigenvalue weighted by atomic mass is 10.1. The quantitative estimate of drug-likeness (QED) is 0.722. The third-order valence-corrected chi connectivity index (χ3v) is 5.27. The fourth-order valence-corrected chi connectivity index (χ4v) is 3.68. The van der Waals surface area contributed by atoms with Crippen molar-refractivity contribution in [2.24, 2.45) is 0 Å². The molecule has 1 saturated carbocycles. The van der Waals surface area contributed by atoms with E-state index in [1.165, 1.54) is 16.7 Å². The Kier molecular flexibility index (Phi) is 5.78. The van der Waals surface area contributed by atoms with Gasteiger partial charge in [-0.05, 0) is 32.3 Å². The molecule has 0 atom stereocenters. The van der Waals surface area contributed by atoms with E-state index in [0.29, 0.717) is 30.5 Å². The Hall–Kier alpha value is -1.82. The molecule has 0 saturated heterocycles. The van der Waals surface area contributed by atoms with Crippen molar-refractivity contribution < 1.29 is 9.32 Å². The van der Waals surface area contributed by atoms with Crippen molar-refractivity contribution in [3.05, 3.63) is 46.6 Å². The van der Waals surface area contributed by atoms with Crippen LogP contribution in [0.4, 0.5) is 0 Å². The molecule has 1 fully saturated rings. The van der Waals surface area contributed by atoms with Crippen molar-refractivity contribution in [1.82, 2.24) is 15.0 Å². The number of thioether (sulfide) groups is 1. The molecular weight excluding hydrogens is 334 g/mol. The first-order valence-electron chi connectivity index (χ1n) is 8.72. The first kappa shape index (κ1) is 18.0. The normalized spacial score (nSPS) is 13.9. The van der Waals surface area contributed by atoms with Crippen molar-refractivity contribution in [3.63, 3.8) is 0 Å². The number of carbonyl (C=O) groups excluding carboxylic acids is 1. The van der Waals surface area contributed by atoms with Crippen LogP contribution in [-0.2, 0) is 17.0 Å². The zero-order chi connectivity index (χ0) is 17.8. The van der Waals surface area contributed by atoms with Gasteiger partial charge in [0.1, 0.15) is 0 Å². The summed E-state index contributed by atoms with van der Waals surface area (Å²) in [6, 6.07) is 6.53. The number of benzene rings is 1. The molecule has 134 valence electrons. The summed E-state index contributed by atoms with van der Waals surface area (Å²) in [5.41, 5.74) is 3.81. The van der Waals surface area contributed by atoms with E-state index >= 15 is 0 Å². The SMILES string of the molecule is Cc1cc(C)cc(CSCC(=O)N(C)CCc2noc(C3CC3)n2)c1. The van der Waals surface area contributed by atoms with Crippen molar-refractivity contribution in [2.75, 3.05) is 19.3 Å². The molecule has 5 nitrogen and oxygen atoms in total. The Bertz CT molecular complexity index is 720.